The van der Waals surface area contributed by atoms with E-state index in [1.165, 1.54) is 5.56 Å². The van der Waals surface area contributed by atoms with Crippen LogP contribution >= 0.6 is 0 Å². The summed E-state index contributed by atoms with van der Waals surface area (Å²) in [4.78, 5) is 12.7. The molecule has 1 atom stereocenters. The molecule has 2 aromatic rings. The third-order valence-corrected chi connectivity index (χ3v) is 4.65. The first-order valence-corrected chi connectivity index (χ1v) is 9.00. The summed E-state index contributed by atoms with van der Waals surface area (Å²) in [6.07, 6.45) is 1.34. The van der Waals surface area contributed by atoms with Crippen molar-refractivity contribution in [3.05, 3.63) is 58.1 Å². The van der Waals surface area contributed by atoms with Gasteiger partial charge in [0.05, 0.1) is 13.7 Å². The highest BCUT2D eigenvalue weighted by molar-refractivity contribution is 5.99. The molecule has 0 spiro atoms. The summed E-state index contributed by atoms with van der Waals surface area (Å²) < 4.78 is 16.3. The third kappa shape index (κ3) is 4.44. The molecule has 0 aromatic heterocycles. The molecule has 0 N–H and O–H groups in total. The molecule has 26 heavy (non-hydrogen) atoms. The number of hydrogen-bond acceptors (Lipinski definition) is 4. The van der Waals surface area contributed by atoms with Gasteiger partial charge in [-0.05, 0) is 56.0 Å². The molecule has 1 unspecified atom stereocenters. The molecule has 0 aliphatic carbocycles. The second-order valence-corrected chi connectivity index (χ2v) is 6.95. The average Bonchev–Trinajstić information content (AvgIpc) is 3.41. The number of rotatable bonds is 8. The molecule has 0 saturated carbocycles. The molecule has 0 amide bonds. The van der Waals surface area contributed by atoms with Crippen LogP contribution in [-0.2, 0) is 11.2 Å². The molecule has 3 rings (SSSR count). The van der Waals surface area contributed by atoms with Crippen molar-refractivity contribution in [2.75, 3.05) is 20.3 Å². The smallest absolute Gasteiger partial charge is 0.163 e. The van der Waals surface area contributed by atoms with Crippen LogP contribution in [0.1, 0.15) is 39.0 Å². The van der Waals surface area contributed by atoms with Crippen LogP contribution < -0.4 is 9.47 Å². The molecule has 4 nitrogen and oxygen atoms in total. The lowest BCUT2D eigenvalue weighted by molar-refractivity contribution is 0.0981. The first-order valence-electron chi connectivity index (χ1n) is 9.00. The van der Waals surface area contributed by atoms with E-state index in [9.17, 15) is 4.79 Å². The van der Waals surface area contributed by atoms with E-state index in [-0.39, 0.29) is 11.9 Å². The summed E-state index contributed by atoms with van der Waals surface area (Å²) in [5, 5.41) is 0. The number of epoxide rings is 1. The fraction of sp³-hybridized carbons (Fsp3) is 0.409. The van der Waals surface area contributed by atoms with Gasteiger partial charge in [0.15, 0.2) is 17.3 Å². The highest BCUT2D eigenvalue weighted by Crippen LogP contribution is 2.30. The second-order valence-electron chi connectivity index (χ2n) is 6.95. The fourth-order valence-corrected chi connectivity index (χ4v) is 3.34. The van der Waals surface area contributed by atoms with E-state index >= 15 is 0 Å². The van der Waals surface area contributed by atoms with Gasteiger partial charge >= 0.3 is 0 Å². The summed E-state index contributed by atoms with van der Waals surface area (Å²) in [6, 6.07) is 9.98. The minimum Gasteiger partial charge on any atom is -0.493 e. The van der Waals surface area contributed by atoms with Crippen LogP contribution in [0.25, 0.3) is 0 Å². The molecule has 4 heteroatoms. The Balaban J connectivity index is 1.68. The Hall–Kier alpha value is -2.33. The topological polar surface area (TPSA) is 48.1 Å². The van der Waals surface area contributed by atoms with Gasteiger partial charge < -0.3 is 14.2 Å². The standard InChI is InChI=1S/C22H26O4/c1-14-9-15(2)22(16(3)10-14)19(23)7-5-17-6-8-20(24-4)21(11-17)26-13-18-12-25-18/h6,8-11,18H,5,7,12-13H2,1-4H3. The van der Waals surface area contributed by atoms with Crippen LogP contribution in [0.15, 0.2) is 30.3 Å². The Morgan fingerprint density at radius 2 is 1.81 bits per heavy atom. The number of carbonyl (C=O) groups excluding carboxylic acids is 1. The van der Waals surface area contributed by atoms with Gasteiger partial charge in [0.2, 0.25) is 0 Å². The Bertz CT molecular complexity index is 783. The normalized spacial score (nSPS) is 15.6. The lowest BCUT2D eigenvalue weighted by atomic mass is 9.93. The van der Waals surface area contributed by atoms with Crippen LogP contribution in [0.5, 0.6) is 11.5 Å². The van der Waals surface area contributed by atoms with Crippen molar-refractivity contribution in [2.45, 2.75) is 39.7 Å². The highest BCUT2D eigenvalue weighted by atomic mass is 16.6. The molecular formula is C22H26O4. The number of Topliss-reactive ketones (excluding diaryl/α,β-unsaturated/α-hetero) is 1. The van der Waals surface area contributed by atoms with Crippen LogP contribution in [-0.4, -0.2) is 32.2 Å². The maximum atomic E-state index is 12.7. The second kappa shape index (κ2) is 7.92. The predicted molar refractivity (Wildman–Crippen MR) is 102 cm³/mol. The molecule has 1 saturated heterocycles. The van der Waals surface area contributed by atoms with Crippen molar-refractivity contribution in [2.24, 2.45) is 0 Å². The monoisotopic (exact) mass is 354 g/mol. The van der Waals surface area contributed by atoms with Gasteiger partial charge in [0, 0.05) is 12.0 Å². The molecule has 1 aliphatic rings. The number of ether oxygens (including phenoxy) is 3. The lowest BCUT2D eigenvalue weighted by Crippen LogP contribution is -2.07. The first-order chi connectivity index (χ1) is 12.5. The third-order valence-electron chi connectivity index (χ3n) is 4.65. The van der Waals surface area contributed by atoms with E-state index in [1.807, 2.05) is 32.0 Å². The van der Waals surface area contributed by atoms with Crippen molar-refractivity contribution >= 4 is 5.78 Å². The van der Waals surface area contributed by atoms with E-state index in [0.29, 0.717) is 30.9 Å². The Labute approximate surface area is 155 Å². The average molecular weight is 354 g/mol. The van der Waals surface area contributed by atoms with Gasteiger partial charge in [0.1, 0.15) is 12.7 Å². The van der Waals surface area contributed by atoms with E-state index < -0.39 is 0 Å². The van der Waals surface area contributed by atoms with E-state index in [2.05, 4.69) is 19.1 Å². The van der Waals surface area contributed by atoms with Crippen molar-refractivity contribution < 1.29 is 19.0 Å². The summed E-state index contributed by atoms with van der Waals surface area (Å²) in [5.41, 5.74) is 5.21. The molecule has 1 fully saturated rings. The first kappa shape index (κ1) is 18.5. The molecule has 1 aliphatic heterocycles. The van der Waals surface area contributed by atoms with Crippen molar-refractivity contribution in [1.82, 2.24) is 0 Å². The molecule has 0 bridgehead atoms. The van der Waals surface area contributed by atoms with Gasteiger partial charge in [-0.1, -0.05) is 23.8 Å². The molecule has 2 aromatic carbocycles. The highest BCUT2D eigenvalue weighted by Gasteiger charge is 2.23. The molecule has 0 radical (unpaired) electrons. The van der Waals surface area contributed by atoms with Gasteiger partial charge in [-0.15, -0.1) is 0 Å². The van der Waals surface area contributed by atoms with Crippen molar-refractivity contribution in [3.63, 3.8) is 0 Å². The summed E-state index contributed by atoms with van der Waals surface area (Å²) in [6.45, 7) is 7.35. The minimum atomic E-state index is 0.185. The van der Waals surface area contributed by atoms with Crippen molar-refractivity contribution in [1.29, 1.82) is 0 Å². The number of ketones is 1. The Morgan fingerprint density at radius 3 is 2.42 bits per heavy atom. The zero-order valence-electron chi connectivity index (χ0n) is 15.9. The maximum absolute atomic E-state index is 12.7. The van der Waals surface area contributed by atoms with Gasteiger partial charge in [-0.3, -0.25) is 4.79 Å². The van der Waals surface area contributed by atoms with Gasteiger partial charge in [-0.25, -0.2) is 0 Å². The number of carbonyl (C=O) groups is 1. The lowest BCUT2D eigenvalue weighted by Gasteiger charge is -2.13. The van der Waals surface area contributed by atoms with E-state index in [1.54, 1.807) is 7.11 Å². The predicted octanol–water partition coefficient (Wildman–Crippen LogP) is 4.21. The van der Waals surface area contributed by atoms with Crippen LogP contribution in [0.3, 0.4) is 0 Å². The number of hydrogen-bond donors (Lipinski definition) is 0. The summed E-state index contributed by atoms with van der Waals surface area (Å²) >= 11 is 0. The van der Waals surface area contributed by atoms with E-state index in [0.717, 1.165) is 28.9 Å². The minimum absolute atomic E-state index is 0.185. The fourth-order valence-electron chi connectivity index (χ4n) is 3.34. The Morgan fingerprint density at radius 1 is 1.12 bits per heavy atom. The summed E-state index contributed by atoms with van der Waals surface area (Å²) in [7, 11) is 1.63. The van der Waals surface area contributed by atoms with Crippen LogP contribution in [0, 0.1) is 20.8 Å². The number of aryl methyl sites for hydroxylation is 4. The number of methoxy groups -OCH3 is 1. The molecule has 138 valence electrons. The SMILES string of the molecule is COc1ccc(CCC(=O)c2c(C)cc(C)cc2C)cc1OCC1CO1. The molecular weight excluding hydrogens is 328 g/mol. The van der Waals surface area contributed by atoms with Crippen molar-refractivity contribution in [3.8, 4) is 11.5 Å². The maximum Gasteiger partial charge on any atom is 0.163 e. The van der Waals surface area contributed by atoms with Gasteiger partial charge in [0.25, 0.3) is 0 Å². The van der Waals surface area contributed by atoms with Crippen LogP contribution in [0.2, 0.25) is 0 Å². The Kier molecular flexibility index (Phi) is 5.62. The van der Waals surface area contributed by atoms with E-state index in [4.69, 9.17) is 14.2 Å². The zero-order valence-corrected chi connectivity index (χ0v) is 15.9. The quantitative estimate of drug-likeness (QED) is 0.526. The van der Waals surface area contributed by atoms with Gasteiger partial charge in [-0.2, -0.15) is 0 Å². The largest absolute Gasteiger partial charge is 0.493 e. The summed E-state index contributed by atoms with van der Waals surface area (Å²) in [5.74, 6) is 1.59. The molecule has 1 heterocycles. The number of benzene rings is 2. The van der Waals surface area contributed by atoms with Crippen LogP contribution in [0.4, 0.5) is 0 Å². The zero-order chi connectivity index (χ0) is 18.7.